The van der Waals surface area contributed by atoms with Crippen molar-refractivity contribution in [2.24, 2.45) is 5.73 Å². The van der Waals surface area contributed by atoms with Crippen LogP contribution in [0.5, 0.6) is 0 Å². The van der Waals surface area contributed by atoms with Gasteiger partial charge in [-0.05, 0) is 12.8 Å². The van der Waals surface area contributed by atoms with E-state index in [4.69, 9.17) is 10.5 Å². The minimum atomic E-state index is 0.267. The van der Waals surface area contributed by atoms with Gasteiger partial charge in [-0.2, -0.15) is 0 Å². The number of hydrogen-bond acceptors (Lipinski definition) is 3. The zero-order valence-electron chi connectivity index (χ0n) is 13.2. The lowest BCUT2D eigenvalue weighted by atomic mass is 9.83. The zero-order valence-corrected chi connectivity index (χ0v) is 13.2. The van der Waals surface area contributed by atoms with E-state index in [1.165, 1.54) is 70.6 Å². The van der Waals surface area contributed by atoms with Crippen LogP contribution in [0.1, 0.15) is 70.6 Å². The maximum atomic E-state index is 6.27. The van der Waals surface area contributed by atoms with Gasteiger partial charge in [-0.1, -0.05) is 57.8 Å². The molecule has 0 atom stereocenters. The van der Waals surface area contributed by atoms with E-state index in [0.717, 1.165) is 32.8 Å². The second-order valence-corrected chi connectivity index (χ2v) is 6.71. The highest BCUT2D eigenvalue weighted by Crippen LogP contribution is 2.30. The summed E-state index contributed by atoms with van der Waals surface area (Å²) in [7, 11) is 0. The predicted molar refractivity (Wildman–Crippen MR) is 85.0 cm³/mol. The van der Waals surface area contributed by atoms with E-state index in [0.29, 0.717) is 0 Å². The molecule has 2 rings (SSSR count). The molecule has 0 bridgehead atoms. The summed E-state index contributed by atoms with van der Waals surface area (Å²) in [4.78, 5) is 2.66. The molecule has 1 aliphatic heterocycles. The molecule has 3 nitrogen and oxygen atoms in total. The van der Waals surface area contributed by atoms with Crippen molar-refractivity contribution in [1.82, 2.24) is 4.90 Å². The van der Waals surface area contributed by atoms with E-state index in [-0.39, 0.29) is 5.54 Å². The van der Waals surface area contributed by atoms with Crippen LogP contribution in [0.15, 0.2) is 0 Å². The molecule has 1 heterocycles. The molecule has 20 heavy (non-hydrogen) atoms. The van der Waals surface area contributed by atoms with E-state index in [9.17, 15) is 0 Å². The average Bonchev–Trinajstić information content (AvgIpc) is 2.49. The summed E-state index contributed by atoms with van der Waals surface area (Å²) in [6, 6.07) is 0. The van der Waals surface area contributed by atoms with E-state index < -0.39 is 0 Å². The summed E-state index contributed by atoms with van der Waals surface area (Å²) in [5, 5.41) is 0. The van der Waals surface area contributed by atoms with Gasteiger partial charge in [0.25, 0.3) is 0 Å². The predicted octanol–water partition coefficient (Wildman–Crippen LogP) is 3.32. The molecule has 0 spiro atoms. The molecular weight excluding hydrogens is 248 g/mol. The molecule has 2 fully saturated rings. The van der Waals surface area contributed by atoms with Gasteiger partial charge in [0.15, 0.2) is 0 Å². The fourth-order valence-corrected chi connectivity index (χ4v) is 3.96. The molecule has 2 aliphatic rings. The van der Waals surface area contributed by atoms with Crippen LogP contribution in [0.25, 0.3) is 0 Å². The van der Waals surface area contributed by atoms with Crippen molar-refractivity contribution in [3.63, 3.8) is 0 Å². The Kier molecular flexibility index (Phi) is 7.32. The number of ether oxygens (including phenoxy) is 1. The number of rotatable bonds is 2. The van der Waals surface area contributed by atoms with Gasteiger partial charge in [0, 0.05) is 25.2 Å². The summed E-state index contributed by atoms with van der Waals surface area (Å²) >= 11 is 0. The molecule has 0 unspecified atom stereocenters. The van der Waals surface area contributed by atoms with E-state index in [1.54, 1.807) is 0 Å². The molecule has 1 saturated heterocycles. The summed E-state index contributed by atoms with van der Waals surface area (Å²) in [5.74, 6) is 0. The smallest absolute Gasteiger partial charge is 0.0594 e. The van der Waals surface area contributed by atoms with Crippen molar-refractivity contribution in [1.29, 1.82) is 0 Å². The summed E-state index contributed by atoms with van der Waals surface area (Å²) in [5.41, 5.74) is 6.53. The van der Waals surface area contributed by atoms with E-state index >= 15 is 0 Å². The number of hydrogen-bond donors (Lipinski definition) is 1. The molecule has 3 heteroatoms. The maximum Gasteiger partial charge on any atom is 0.0594 e. The number of nitrogens with two attached hydrogens (primary N) is 1. The fourth-order valence-electron chi connectivity index (χ4n) is 3.96. The Balaban J connectivity index is 1.96. The highest BCUT2D eigenvalue weighted by molar-refractivity contribution is 4.92. The van der Waals surface area contributed by atoms with Gasteiger partial charge in [0.05, 0.1) is 13.2 Å². The Morgan fingerprint density at radius 2 is 1.20 bits per heavy atom. The Morgan fingerprint density at radius 1 is 0.750 bits per heavy atom. The van der Waals surface area contributed by atoms with Gasteiger partial charge >= 0.3 is 0 Å². The monoisotopic (exact) mass is 282 g/mol. The topological polar surface area (TPSA) is 38.5 Å². The molecule has 1 aliphatic carbocycles. The first-order valence-corrected chi connectivity index (χ1v) is 8.90. The van der Waals surface area contributed by atoms with Crippen molar-refractivity contribution in [3.05, 3.63) is 0 Å². The molecule has 2 N–H and O–H groups in total. The normalized spacial score (nSPS) is 27.4. The van der Waals surface area contributed by atoms with Crippen LogP contribution in [0, 0.1) is 0 Å². The first-order valence-electron chi connectivity index (χ1n) is 8.90. The van der Waals surface area contributed by atoms with Gasteiger partial charge in [-0.3, -0.25) is 4.90 Å². The van der Waals surface area contributed by atoms with Crippen LogP contribution < -0.4 is 5.73 Å². The maximum absolute atomic E-state index is 6.27. The summed E-state index contributed by atoms with van der Waals surface area (Å²) in [6.45, 7) is 4.77. The third kappa shape index (κ3) is 4.71. The van der Waals surface area contributed by atoms with Crippen LogP contribution in [-0.4, -0.2) is 43.3 Å². The number of morpholine rings is 1. The van der Waals surface area contributed by atoms with Gasteiger partial charge in [0.1, 0.15) is 0 Å². The molecule has 0 aromatic rings. The zero-order chi connectivity index (χ0) is 14.1. The molecular formula is C17H34N2O. The van der Waals surface area contributed by atoms with Crippen LogP contribution in [0.3, 0.4) is 0 Å². The van der Waals surface area contributed by atoms with Crippen molar-refractivity contribution < 1.29 is 4.74 Å². The van der Waals surface area contributed by atoms with Crippen molar-refractivity contribution >= 4 is 0 Å². The highest BCUT2D eigenvalue weighted by Gasteiger charge is 2.35. The van der Waals surface area contributed by atoms with Gasteiger partial charge < -0.3 is 10.5 Å². The van der Waals surface area contributed by atoms with E-state index in [2.05, 4.69) is 4.90 Å². The summed E-state index contributed by atoms with van der Waals surface area (Å²) < 4.78 is 5.53. The van der Waals surface area contributed by atoms with Crippen LogP contribution in [-0.2, 0) is 4.74 Å². The fraction of sp³-hybridized carbons (Fsp3) is 1.00. The Labute approximate surface area is 125 Å². The van der Waals surface area contributed by atoms with Gasteiger partial charge in [0.2, 0.25) is 0 Å². The minimum absolute atomic E-state index is 0.267. The second-order valence-electron chi connectivity index (χ2n) is 6.71. The lowest BCUT2D eigenvalue weighted by Gasteiger charge is -2.46. The molecule has 1 saturated carbocycles. The van der Waals surface area contributed by atoms with E-state index in [1.807, 2.05) is 0 Å². The third-order valence-electron chi connectivity index (χ3n) is 5.35. The van der Waals surface area contributed by atoms with Crippen molar-refractivity contribution in [3.8, 4) is 0 Å². The van der Waals surface area contributed by atoms with Gasteiger partial charge in [-0.15, -0.1) is 0 Å². The third-order valence-corrected chi connectivity index (χ3v) is 5.35. The minimum Gasteiger partial charge on any atom is -0.379 e. The van der Waals surface area contributed by atoms with Crippen LogP contribution in [0.4, 0.5) is 0 Å². The van der Waals surface area contributed by atoms with Gasteiger partial charge in [-0.25, -0.2) is 0 Å². The van der Waals surface area contributed by atoms with Crippen molar-refractivity contribution in [2.45, 2.75) is 76.2 Å². The lowest BCUT2D eigenvalue weighted by Crippen LogP contribution is -2.57. The highest BCUT2D eigenvalue weighted by atomic mass is 16.5. The van der Waals surface area contributed by atoms with Crippen LogP contribution in [0.2, 0.25) is 0 Å². The standard InChI is InChI=1S/C17H34N2O/c18-16-17(19-12-14-20-15-13-19)10-8-6-4-2-1-3-5-7-9-11-17/h1-16,18H2. The Bertz CT molecular complexity index is 239. The lowest BCUT2D eigenvalue weighted by molar-refractivity contribution is -0.0282. The summed E-state index contributed by atoms with van der Waals surface area (Å²) in [6.07, 6.45) is 15.3. The molecule has 118 valence electrons. The largest absolute Gasteiger partial charge is 0.379 e. The quantitative estimate of drug-likeness (QED) is 0.844. The van der Waals surface area contributed by atoms with Crippen LogP contribution >= 0.6 is 0 Å². The Hall–Kier alpha value is -0.120. The second kappa shape index (κ2) is 9.01. The Morgan fingerprint density at radius 3 is 1.65 bits per heavy atom. The average molecular weight is 282 g/mol. The SMILES string of the molecule is NCC1(N2CCOCC2)CCCCCCCCCCC1. The number of nitrogens with zero attached hydrogens (tertiary/aromatic N) is 1. The molecule has 0 radical (unpaired) electrons. The molecule has 0 aromatic carbocycles. The molecule has 0 aromatic heterocycles. The van der Waals surface area contributed by atoms with Crippen molar-refractivity contribution in [2.75, 3.05) is 32.8 Å². The molecule has 0 amide bonds. The first kappa shape index (κ1) is 16.3. The first-order chi connectivity index (χ1) is 9.87.